The first-order valence-corrected chi connectivity index (χ1v) is 8.57. The normalized spacial score (nSPS) is 21.3. The van der Waals surface area contributed by atoms with E-state index in [1.165, 1.54) is 29.4 Å². The van der Waals surface area contributed by atoms with Gasteiger partial charge >= 0.3 is 0 Å². The van der Waals surface area contributed by atoms with E-state index in [9.17, 15) is 0 Å². The fourth-order valence-electron chi connectivity index (χ4n) is 3.12. The summed E-state index contributed by atoms with van der Waals surface area (Å²) >= 11 is 1.89. The molecule has 2 rings (SSSR count). The molecule has 0 bridgehead atoms. The SMILES string of the molecule is Cc1ccc(C(C(C)N)N2CCN(CC(C)C)CC2)s1. The van der Waals surface area contributed by atoms with Gasteiger partial charge in [-0.2, -0.15) is 0 Å². The zero-order chi connectivity index (χ0) is 14.7. The summed E-state index contributed by atoms with van der Waals surface area (Å²) in [7, 11) is 0. The van der Waals surface area contributed by atoms with E-state index in [2.05, 4.69) is 49.6 Å². The molecule has 1 aromatic heterocycles. The van der Waals surface area contributed by atoms with Crippen molar-refractivity contribution in [1.82, 2.24) is 9.80 Å². The van der Waals surface area contributed by atoms with E-state index in [-0.39, 0.29) is 6.04 Å². The zero-order valence-corrected chi connectivity index (χ0v) is 14.1. The second kappa shape index (κ2) is 7.03. The van der Waals surface area contributed by atoms with Gasteiger partial charge in [-0.15, -0.1) is 11.3 Å². The third-order valence-electron chi connectivity index (χ3n) is 3.97. The Morgan fingerprint density at radius 2 is 1.80 bits per heavy atom. The quantitative estimate of drug-likeness (QED) is 0.906. The zero-order valence-electron chi connectivity index (χ0n) is 13.3. The molecule has 1 aromatic rings. The summed E-state index contributed by atoms with van der Waals surface area (Å²) in [6.07, 6.45) is 0. The van der Waals surface area contributed by atoms with Crippen LogP contribution in [0.5, 0.6) is 0 Å². The Morgan fingerprint density at radius 3 is 2.25 bits per heavy atom. The molecule has 114 valence electrons. The molecular weight excluding hydrogens is 266 g/mol. The van der Waals surface area contributed by atoms with Crippen LogP contribution in [0.15, 0.2) is 12.1 Å². The van der Waals surface area contributed by atoms with Crippen LogP contribution in [0.25, 0.3) is 0 Å². The lowest BCUT2D eigenvalue weighted by molar-refractivity contribution is 0.0818. The van der Waals surface area contributed by atoms with Gasteiger partial charge in [0.25, 0.3) is 0 Å². The van der Waals surface area contributed by atoms with Crippen LogP contribution in [0.4, 0.5) is 0 Å². The van der Waals surface area contributed by atoms with Crippen molar-refractivity contribution in [3.63, 3.8) is 0 Å². The van der Waals surface area contributed by atoms with E-state index < -0.39 is 0 Å². The van der Waals surface area contributed by atoms with Crippen LogP contribution < -0.4 is 5.73 Å². The number of thiophene rings is 1. The van der Waals surface area contributed by atoms with Crippen molar-refractivity contribution in [2.75, 3.05) is 32.7 Å². The molecule has 0 aromatic carbocycles. The summed E-state index contributed by atoms with van der Waals surface area (Å²) in [6.45, 7) is 14.7. The third kappa shape index (κ3) is 4.04. The molecule has 0 radical (unpaired) electrons. The van der Waals surface area contributed by atoms with Gasteiger partial charge in [-0.25, -0.2) is 0 Å². The Morgan fingerprint density at radius 1 is 1.15 bits per heavy atom. The summed E-state index contributed by atoms with van der Waals surface area (Å²) in [5, 5.41) is 0. The van der Waals surface area contributed by atoms with Gasteiger partial charge < -0.3 is 10.6 Å². The van der Waals surface area contributed by atoms with Gasteiger partial charge in [0.05, 0.1) is 6.04 Å². The summed E-state index contributed by atoms with van der Waals surface area (Å²) in [4.78, 5) is 7.96. The predicted octanol–water partition coefficient (Wildman–Crippen LogP) is 2.72. The predicted molar refractivity (Wildman–Crippen MR) is 88.3 cm³/mol. The van der Waals surface area contributed by atoms with Crippen molar-refractivity contribution in [2.45, 2.75) is 39.8 Å². The van der Waals surface area contributed by atoms with Crippen molar-refractivity contribution >= 4 is 11.3 Å². The molecule has 20 heavy (non-hydrogen) atoms. The summed E-state index contributed by atoms with van der Waals surface area (Å²) in [5.41, 5.74) is 6.28. The van der Waals surface area contributed by atoms with Crippen molar-refractivity contribution in [1.29, 1.82) is 0 Å². The van der Waals surface area contributed by atoms with E-state index in [0.717, 1.165) is 19.0 Å². The van der Waals surface area contributed by atoms with Crippen LogP contribution >= 0.6 is 11.3 Å². The molecule has 0 amide bonds. The maximum Gasteiger partial charge on any atom is 0.0591 e. The van der Waals surface area contributed by atoms with E-state index in [4.69, 9.17) is 5.73 Å². The first-order chi connectivity index (χ1) is 9.47. The van der Waals surface area contributed by atoms with E-state index >= 15 is 0 Å². The number of hydrogen-bond acceptors (Lipinski definition) is 4. The van der Waals surface area contributed by atoms with Crippen LogP contribution in [-0.2, 0) is 0 Å². The molecule has 4 heteroatoms. The average Bonchev–Trinajstić information content (AvgIpc) is 2.77. The van der Waals surface area contributed by atoms with Gasteiger partial charge in [0, 0.05) is 48.5 Å². The van der Waals surface area contributed by atoms with Crippen LogP contribution in [0.3, 0.4) is 0 Å². The summed E-state index contributed by atoms with van der Waals surface area (Å²) < 4.78 is 0. The van der Waals surface area contributed by atoms with Crippen LogP contribution in [0.2, 0.25) is 0 Å². The van der Waals surface area contributed by atoms with Crippen LogP contribution in [0, 0.1) is 12.8 Å². The molecule has 0 aliphatic carbocycles. The summed E-state index contributed by atoms with van der Waals surface area (Å²) in [6, 6.07) is 5.04. The number of rotatable bonds is 5. The number of hydrogen-bond donors (Lipinski definition) is 1. The molecule has 0 spiro atoms. The van der Waals surface area contributed by atoms with E-state index in [0.29, 0.717) is 6.04 Å². The van der Waals surface area contributed by atoms with Gasteiger partial charge in [0.1, 0.15) is 0 Å². The minimum absolute atomic E-state index is 0.185. The highest BCUT2D eigenvalue weighted by molar-refractivity contribution is 7.12. The lowest BCUT2D eigenvalue weighted by atomic mass is 10.1. The molecule has 1 saturated heterocycles. The first-order valence-electron chi connectivity index (χ1n) is 7.75. The maximum atomic E-state index is 6.28. The highest BCUT2D eigenvalue weighted by Crippen LogP contribution is 2.30. The molecule has 3 nitrogen and oxygen atoms in total. The second-order valence-corrected chi connectivity index (χ2v) is 7.80. The molecule has 1 fully saturated rings. The Bertz CT molecular complexity index is 406. The fourth-order valence-corrected chi connectivity index (χ4v) is 4.25. The second-order valence-electron chi connectivity index (χ2n) is 6.48. The van der Waals surface area contributed by atoms with Crippen molar-refractivity contribution in [3.8, 4) is 0 Å². The van der Waals surface area contributed by atoms with Crippen LogP contribution in [0.1, 0.15) is 36.6 Å². The standard InChI is InChI=1S/C16H29N3S/c1-12(2)11-18-7-9-19(10-8-18)16(14(4)17)15-6-5-13(3)20-15/h5-6,12,14,16H,7-11,17H2,1-4H3. The fraction of sp³-hybridized carbons (Fsp3) is 0.750. The molecule has 2 N–H and O–H groups in total. The smallest absolute Gasteiger partial charge is 0.0591 e. The Balaban J connectivity index is 1.99. The lowest BCUT2D eigenvalue weighted by Crippen LogP contribution is -2.51. The van der Waals surface area contributed by atoms with Crippen molar-refractivity contribution < 1.29 is 0 Å². The lowest BCUT2D eigenvalue weighted by Gasteiger charge is -2.41. The highest BCUT2D eigenvalue weighted by atomic mass is 32.1. The first kappa shape index (κ1) is 16.0. The van der Waals surface area contributed by atoms with Gasteiger partial charge in [-0.05, 0) is 31.9 Å². The molecular formula is C16H29N3S. The highest BCUT2D eigenvalue weighted by Gasteiger charge is 2.28. The van der Waals surface area contributed by atoms with E-state index in [1.54, 1.807) is 0 Å². The van der Waals surface area contributed by atoms with Gasteiger partial charge in [0.15, 0.2) is 0 Å². The number of aryl methyl sites for hydroxylation is 1. The van der Waals surface area contributed by atoms with Gasteiger partial charge in [-0.3, -0.25) is 4.90 Å². The van der Waals surface area contributed by atoms with Crippen molar-refractivity contribution in [3.05, 3.63) is 21.9 Å². The average molecular weight is 295 g/mol. The third-order valence-corrected chi connectivity index (χ3v) is 5.05. The molecule has 2 heterocycles. The minimum atomic E-state index is 0.185. The van der Waals surface area contributed by atoms with Gasteiger partial charge in [-0.1, -0.05) is 13.8 Å². The number of nitrogens with two attached hydrogens (primary N) is 1. The minimum Gasteiger partial charge on any atom is -0.326 e. The van der Waals surface area contributed by atoms with Crippen molar-refractivity contribution in [2.24, 2.45) is 11.7 Å². The Hall–Kier alpha value is -0.420. The van der Waals surface area contributed by atoms with Gasteiger partial charge in [0.2, 0.25) is 0 Å². The number of piperazine rings is 1. The van der Waals surface area contributed by atoms with Crippen LogP contribution in [-0.4, -0.2) is 48.6 Å². The topological polar surface area (TPSA) is 32.5 Å². The number of nitrogens with zero attached hydrogens (tertiary/aromatic N) is 2. The Labute approximate surface area is 127 Å². The molecule has 0 saturated carbocycles. The molecule has 2 unspecified atom stereocenters. The molecule has 1 aliphatic rings. The molecule has 1 aliphatic heterocycles. The Kier molecular flexibility index (Phi) is 5.61. The maximum absolute atomic E-state index is 6.28. The monoisotopic (exact) mass is 295 g/mol. The summed E-state index contributed by atoms with van der Waals surface area (Å²) in [5.74, 6) is 0.755. The van der Waals surface area contributed by atoms with E-state index in [1.807, 2.05) is 11.3 Å². The largest absolute Gasteiger partial charge is 0.326 e. The molecule has 2 atom stereocenters.